The monoisotopic (exact) mass is 287 g/mol. The predicted octanol–water partition coefficient (Wildman–Crippen LogP) is 2.53. The van der Waals surface area contributed by atoms with E-state index < -0.39 is 0 Å². The second-order valence-electron chi connectivity index (χ2n) is 4.38. The van der Waals surface area contributed by atoms with E-state index in [-0.39, 0.29) is 5.78 Å². The van der Waals surface area contributed by atoms with Gasteiger partial charge in [-0.05, 0) is 24.3 Å². The molecule has 0 saturated heterocycles. The first-order chi connectivity index (χ1) is 10.1. The molecule has 110 valence electrons. The largest absolute Gasteiger partial charge is 0.497 e. The summed E-state index contributed by atoms with van der Waals surface area (Å²) in [6.07, 6.45) is 0. The lowest BCUT2D eigenvalue weighted by atomic mass is 10.0. The fourth-order valence-electron chi connectivity index (χ4n) is 1.97. The van der Waals surface area contributed by atoms with Crippen LogP contribution in [0, 0.1) is 0 Å². The summed E-state index contributed by atoms with van der Waals surface area (Å²) >= 11 is 0. The van der Waals surface area contributed by atoms with Crippen molar-refractivity contribution in [3.63, 3.8) is 0 Å². The predicted molar refractivity (Wildman–Crippen MR) is 80.4 cm³/mol. The molecule has 0 aromatic heterocycles. The van der Waals surface area contributed by atoms with E-state index >= 15 is 0 Å². The molecule has 0 fully saturated rings. The molecule has 2 aromatic carbocycles. The molecule has 0 heterocycles. The van der Waals surface area contributed by atoms with Gasteiger partial charge in [0.05, 0.1) is 21.3 Å². The zero-order valence-electron chi connectivity index (χ0n) is 12.2. The van der Waals surface area contributed by atoms with Gasteiger partial charge in [-0.3, -0.25) is 4.79 Å². The Morgan fingerprint density at radius 3 is 1.90 bits per heavy atom. The van der Waals surface area contributed by atoms with Gasteiger partial charge in [0.15, 0.2) is 5.78 Å². The second-order valence-corrected chi connectivity index (χ2v) is 4.38. The maximum absolute atomic E-state index is 12.6. The molecule has 0 aliphatic heterocycles. The van der Waals surface area contributed by atoms with E-state index in [9.17, 15) is 4.79 Å². The smallest absolute Gasteiger partial charge is 0.195 e. The van der Waals surface area contributed by atoms with E-state index in [1.54, 1.807) is 43.5 Å². The molecule has 5 nitrogen and oxygen atoms in total. The first-order valence-corrected chi connectivity index (χ1v) is 6.30. The highest BCUT2D eigenvalue weighted by Crippen LogP contribution is 2.27. The van der Waals surface area contributed by atoms with Crippen molar-refractivity contribution in [1.82, 2.24) is 0 Å². The molecular weight excluding hydrogens is 270 g/mol. The van der Waals surface area contributed by atoms with Gasteiger partial charge in [0.1, 0.15) is 17.2 Å². The number of hydrogen-bond donors (Lipinski definition) is 1. The third-order valence-electron chi connectivity index (χ3n) is 3.12. The number of nitrogens with two attached hydrogens (primary N) is 1. The standard InChI is InChI=1S/C16H17NO4/c1-19-11-4-5-14(15(17)9-11)16(18)10-6-12(20-2)8-13(7-10)21-3/h4-9H,17H2,1-3H3. The number of ether oxygens (including phenoxy) is 3. The van der Waals surface area contributed by atoms with Crippen molar-refractivity contribution >= 4 is 11.5 Å². The maximum Gasteiger partial charge on any atom is 0.195 e. The maximum atomic E-state index is 12.6. The van der Waals surface area contributed by atoms with Gasteiger partial charge >= 0.3 is 0 Å². The Kier molecular flexibility index (Phi) is 4.33. The van der Waals surface area contributed by atoms with Crippen LogP contribution in [0.1, 0.15) is 15.9 Å². The summed E-state index contributed by atoms with van der Waals surface area (Å²) in [5, 5.41) is 0. The lowest BCUT2D eigenvalue weighted by molar-refractivity contribution is 0.103. The molecule has 21 heavy (non-hydrogen) atoms. The molecular formula is C16H17NO4. The summed E-state index contributed by atoms with van der Waals surface area (Å²) in [6.45, 7) is 0. The van der Waals surface area contributed by atoms with Gasteiger partial charge in [0, 0.05) is 28.9 Å². The Hall–Kier alpha value is -2.69. The summed E-state index contributed by atoms with van der Waals surface area (Å²) in [7, 11) is 4.61. The summed E-state index contributed by atoms with van der Waals surface area (Å²) in [4.78, 5) is 12.6. The van der Waals surface area contributed by atoms with Crippen LogP contribution in [0.3, 0.4) is 0 Å². The Bertz CT molecular complexity index is 645. The number of nitrogen functional groups attached to an aromatic ring is 1. The van der Waals surface area contributed by atoms with Crippen molar-refractivity contribution in [2.45, 2.75) is 0 Å². The summed E-state index contributed by atoms with van der Waals surface area (Å²) in [6, 6.07) is 9.95. The number of hydrogen-bond acceptors (Lipinski definition) is 5. The molecule has 0 unspecified atom stereocenters. The molecule has 0 saturated carbocycles. The summed E-state index contributed by atoms with van der Waals surface area (Å²) in [5.41, 5.74) is 7.13. The SMILES string of the molecule is COc1cc(OC)cc(C(=O)c2ccc(OC)cc2N)c1. The van der Waals surface area contributed by atoms with Crippen LogP contribution in [-0.4, -0.2) is 27.1 Å². The normalized spacial score (nSPS) is 10.0. The number of carbonyl (C=O) groups is 1. The van der Waals surface area contributed by atoms with E-state index in [4.69, 9.17) is 19.9 Å². The topological polar surface area (TPSA) is 70.8 Å². The first-order valence-electron chi connectivity index (χ1n) is 6.30. The molecule has 0 amide bonds. The van der Waals surface area contributed by atoms with Crippen LogP contribution in [0.15, 0.2) is 36.4 Å². The lowest BCUT2D eigenvalue weighted by Gasteiger charge is -2.10. The molecule has 0 radical (unpaired) electrons. The van der Waals surface area contributed by atoms with Crippen LogP contribution in [0.25, 0.3) is 0 Å². The molecule has 0 aliphatic carbocycles. The molecule has 0 spiro atoms. The Labute approximate surface area is 123 Å². The van der Waals surface area contributed by atoms with Crippen LogP contribution in [0.4, 0.5) is 5.69 Å². The number of methoxy groups -OCH3 is 3. The molecule has 0 aliphatic rings. The van der Waals surface area contributed by atoms with Crippen molar-refractivity contribution < 1.29 is 19.0 Å². The van der Waals surface area contributed by atoms with Gasteiger partial charge in [-0.15, -0.1) is 0 Å². The molecule has 2 rings (SSSR count). The highest BCUT2D eigenvalue weighted by molar-refractivity contribution is 6.12. The van der Waals surface area contributed by atoms with E-state index in [1.807, 2.05) is 0 Å². The Morgan fingerprint density at radius 1 is 0.857 bits per heavy atom. The fourth-order valence-corrected chi connectivity index (χ4v) is 1.97. The van der Waals surface area contributed by atoms with Crippen molar-refractivity contribution in [3.8, 4) is 17.2 Å². The van der Waals surface area contributed by atoms with Gasteiger partial charge in [0.25, 0.3) is 0 Å². The number of ketones is 1. The zero-order valence-corrected chi connectivity index (χ0v) is 12.2. The van der Waals surface area contributed by atoms with Gasteiger partial charge < -0.3 is 19.9 Å². The highest BCUT2D eigenvalue weighted by Gasteiger charge is 2.15. The zero-order chi connectivity index (χ0) is 15.4. The minimum absolute atomic E-state index is 0.202. The number of anilines is 1. The quantitative estimate of drug-likeness (QED) is 0.676. The molecule has 2 aromatic rings. The van der Waals surface area contributed by atoms with Gasteiger partial charge in [-0.2, -0.15) is 0 Å². The van der Waals surface area contributed by atoms with Gasteiger partial charge in [0.2, 0.25) is 0 Å². The van der Waals surface area contributed by atoms with E-state index in [2.05, 4.69) is 0 Å². The van der Waals surface area contributed by atoms with Crippen LogP contribution in [0.2, 0.25) is 0 Å². The van der Waals surface area contributed by atoms with Crippen molar-refractivity contribution in [1.29, 1.82) is 0 Å². The number of carbonyl (C=O) groups excluding carboxylic acids is 1. The van der Waals surface area contributed by atoms with E-state index in [0.29, 0.717) is 34.1 Å². The Morgan fingerprint density at radius 2 is 1.43 bits per heavy atom. The van der Waals surface area contributed by atoms with Crippen LogP contribution in [-0.2, 0) is 0 Å². The second kappa shape index (κ2) is 6.17. The summed E-state index contributed by atoms with van der Waals surface area (Å²) < 4.78 is 15.4. The van der Waals surface area contributed by atoms with Crippen molar-refractivity contribution in [3.05, 3.63) is 47.5 Å². The minimum atomic E-state index is -0.202. The average molecular weight is 287 g/mol. The third-order valence-corrected chi connectivity index (χ3v) is 3.12. The third kappa shape index (κ3) is 3.08. The summed E-state index contributed by atoms with van der Waals surface area (Å²) in [5.74, 6) is 1.49. The number of rotatable bonds is 5. The first kappa shape index (κ1) is 14.7. The molecule has 0 atom stereocenters. The van der Waals surface area contributed by atoms with Crippen molar-refractivity contribution in [2.24, 2.45) is 0 Å². The van der Waals surface area contributed by atoms with Crippen molar-refractivity contribution in [2.75, 3.05) is 27.1 Å². The van der Waals surface area contributed by atoms with Crippen LogP contribution in [0.5, 0.6) is 17.2 Å². The fraction of sp³-hybridized carbons (Fsp3) is 0.188. The molecule has 2 N–H and O–H groups in total. The van der Waals surface area contributed by atoms with Crippen LogP contribution < -0.4 is 19.9 Å². The molecule has 0 bridgehead atoms. The number of benzene rings is 2. The van der Waals surface area contributed by atoms with E-state index in [0.717, 1.165) is 0 Å². The average Bonchev–Trinajstić information content (AvgIpc) is 2.53. The minimum Gasteiger partial charge on any atom is -0.497 e. The Balaban J connectivity index is 2.44. The van der Waals surface area contributed by atoms with Crippen LogP contribution >= 0.6 is 0 Å². The van der Waals surface area contributed by atoms with E-state index in [1.165, 1.54) is 14.2 Å². The lowest BCUT2D eigenvalue weighted by Crippen LogP contribution is -2.06. The van der Waals surface area contributed by atoms with Gasteiger partial charge in [-0.1, -0.05) is 0 Å². The molecule has 5 heteroatoms. The highest BCUT2D eigenvalue weighted by atomic mass is 16.5. The van der Waals surface area contributed by atoms with Gasteiger partial charge in [-0.25, -0.2) is 0 Å².